The largest absolute Gasteiger partial charge is 0.496 e. The minimum atomic E-state index is -0.946. The topological polar surface area (TPSA) is 75.6 Å². The third-order valence-corrected chi connectivity index (χ3v) is 2.46. The van der Waals surface area contributed by atoms with Crippen LogP contribution in [0.2, 0.25) is 0 Å². The molecular formula is C13H17NO4. The summed E-state index contributed by atoms with van der Waals surface area (Å²) in [7, 11) is 1.49. The summed E-state index contributed by atoms with van der Waals surface area (Å²) < 4.78 is 5.13. The Morgan fingerprint density at radius 3 is 2.67 bits per heavy atom. The highest BCUT2D eigenvalue weighted by Crippen LogP contribution is 2.19. The van der Waals surface area contributed by atoms with E-state index in [1.165, 1.54) is 7.11 Å². The predicted molar refractivity (Wildman–Crippen MR) is 66.9 cm³/mol. The molecule has 0 saturated heterocycles. The van der Waals surface area contributed by atoms with E-state index in [0.717, 1.165) is 5.56 Å². The van der Waals surface area contributed by atoms with Crippen molar-refractivity contribution >= 4 is 11.9 Å². The molecule has 1 aromatic carbocycles. The quantitative estimate of drug-likeness (QED) is 0.833. The Hall–Kier alpha value is -2.04. The predicted octanol–water partition coefficient (Wildman–Crippen LogP) is 1.60. The summed E-state index contributed by atoms with van der Waals surface area (Å²) in [4.78, 5) is 22.5. The van der Waals surface area contributed by atoms with Crippen LogP contribution in [0.1, 0.15) is 29.3 Å². The molecule has 2 N–H and O–H groups in total. The van der Waals surface area contributed by atoms with Crippen LogP contribution >= 0.6 is 0 Å². The number of aliphatic carboxylic acids is 1. The van der Waals surface area contributed by atoms with Gasteiger partial charge < -0.3 is 15.2 Å². The van der Waals surface area contributed by atoms with Crippen LogP contribution in [-0.2, 0) is 4.79 Å². The van der Waals surface area contributed by atoms with Gasteiger partial charge in [-0.25, -0.2) is 0 Å². The van der Waals surface area contributed by atoms with Crippen LogP contribution in [0.5, 0.6) is 5.75 Å². The number of carbonyl (C=O) groups excluding carboxylic acids is 1. The highest BCUT2D eigenvalue weighted by atomic mass is 16.5. The molecule has 0 fully saturated rings. The maximum Gasteiger partial charge on any atom is 0.305 e. The first-order valence-electron chi connectivity index (χ1n) is 5.61. The SMILES string of the molecule is COc1cc(C)ccc1C(=O)NC(C)CC(=O)O. The lowest BCUT2D eigenvalue weighted by molar-refractivity contribution is -0.137. The summed E-state index contributed by atoms with van der Waals surface area (Å²) in [6, 6.07) is 4.80. The van der Waals surface area contributed by atoms with Crippen molar-refractivity contribution in [3.8, 4) is 5.75 Å². The number of rotatable bonds is 5. The number of aryl methyl sites for hydroxylation is 1. The summed E-state index contributed by atoms with van der Waals surface area (Å²) in [5, 5.41) is 11.3. The summed E-state index contributed by atoms with van der Waals surface area (Å²) in [5.74, 6) is -0.797. The van der Waals surface area contributed by atoms with Crippen molar-refractivity contribution in [2.24, 2.45) is 0 Å². The average Bonchev–Trinajstić information content (AvgIpc) is 2.27. The van der Waals surface area contributed by atoms with Gasteiger partial charge in [0.05, 0.1) is 19.1 Å². The van der Waals surface area contributed by atoms with Gasteiger partial charge in [0, 0.05) is 6.04 Å². The molecule has 5 nitrogen and oxygen atoms in total. The van der Waals surface area contributed by atoms with Gasteiger partial charge in [0.25, 0.3) is 5.91 Å². The monoisotopic (exact) mass is 251 g/mol. The van der Waals surface area contributed by atoms with E-state index >= 15 is 0 Å². The van der Waals surface area contributed by atoms with E-state index in [9.17, 15) is 9.59 Å². The number of amides is 1. The van der Waals surface area contributed by atoms with Crippen molar-refractivity contribution in [3.63, 3.8) is 0 Å². The van der Waals surface area contributed by atoms with Crippen LogP contribution in [-0.4, -0.2) is 30.1 Å². The molecule has 5 heteroatoms. The van der Waals surface area contributed by atoms with Crippen molar-refractivity contribution in [2.45, 2.75) is 26.3 Å². The lowest BCUT2D eigenvalue weighted by Gasteiger charge is -2.14. The third-order valence-electron chi connectivity index (χ3n) is 2.46. The third kappa shape index (κ3) is 3.76. The Morgan fingerprint density at radius 2 is 2.11 bits per heavy atom. The molecule has 0 saturated carbocycles. The van der Waals surface area contributed by atoms with Gasteiger partial charge in [0.2, 0.25) is 0 Å². The van der Waals surface area contributed by atoms with E-state index in [1.54, 1.807) is 25.1 Å². The number of hydrogen-bond acceptors (Lipinski definition) is 3. The smallest absolute Gasteiger partial charge is 0.305 e. The molecule has 0 heterocycles. The fourth-order valence-corrected chi connectivity index (χ4v) is 1.60. The van der Waals surface area contributed by atoms with Crippen LogP contribution in [0.4, 0.5) is 0 Å². The number of benzene rings is 1. The molecule has 1 unspecified atom stereocenters. The van der Waals surface area contributed by atoms with Crippen molar-refractivity contribution < 1.29 is 19.4 Å². The maximum absolute atomic E-state index is 11.9. The van der Waals surface area contributed by atoms with E-state index in [4.69, 9.17) is 9.84 Å². The standard InChI is InChI=1S/C13H17NO4/c1-8-4-5-10(11(6-8)18-3)13(17)14-9(2)7-12(15)16/h4-6,9H,7H2,1-3H3,(H,14,17)(H,15,16). The zero-order chi connectivity index (χ0) is 13.7. The molecule has 1 amide bonds. The second kappa shape index (κ2) is 6.05. The van der Waals surface area contributed by atoms with Gasteiger partial charge in [-0.3, -0.25) is 9.59 Å². The zero-order valence-corrected chi connectivity index (χ0v) is 10.7. The second-order valence-corrected chi connectivity index (χ2v) is 4.18. The summed E-state index contributed by atoms with van der Waals surface area (Å²) in [6.45, 7) is 3.55. The highest BCUT2D eigenvalue weighted by molar-refractivity contribution is 5.97. The first kappa shape index (κ1) is 14.0. The maximum atomic E-state index is 11.9. The van der Waals surface area contributed by atoms with Crippen molar-refractivity contribution in [1.82, 2.24) is 5.32 Å². The lowest BCUT2D eigenvalue weighted by atomic mass is 10.1. The van der Waals surface area contributed by atoms with Crippen LogP contribution in [0.3, 0.4) is 0 Å². The number of carbonyl (C=O) groups is 2. The number of carboxylic acids is 1. The van der Waals surface area contributed by atoms with E-state index in [1.807, 2.05) is 6.92 Å². The fraction of sp³-hybridized carbons (Fsp3) is 0.385. The molecule has 0 radical (unpaired) electrons. The molecule has 0 bridgehead atoms. The molecule has 0 aliphatic rings. The number of methoxy groups -OCH3 is 1. The van der Waals surface area contributed by atoms with Crippen LogP contribution in [0, 0.1) is 6.92 Å². The van der Waals surface area contributed by atoms with Gasteiger partial charge in [-0.1, -0.05) is 6.07 Å². The van der Waals surface area contributed by atoms with Crippen molar-refractivity contribution in [2.75, 3.05) is 7.11 Å². The normalized spacial score (nSPS) is 11.7. The van der Waals surface area contributed by atoms with Gasteiger partial charge in [-0.05, 0) is 31.5 Å². The molecule has 98 valence electrons. The van der Waals surface area contributed by atoms with Gasteiger partial charge in [-0.2, -0.15) is 0 Å². The summed E-state index contributed by atoms with van der Waals surface area (Å²) >= 11 is 0. The minimum Gasteiger partial charge on any atom is -0.496 e. The van der Waals surface area contributed by atoms with Gasteiger partial charge in [0.1, 0.15) is 5.75 Å². The summed E-state index contributed by atoms with van der Waals surface area (Å²) in [6.07, 6.45) is -0.111. The minimum absolute atomic E-state index is 0.111. The number of ether oxygens (including phenoxy) is 1. The molecular weight excluding hydrogens is 234 g/mol. The molecule has 0 aliphatic carbocycles. The average molecular weight is 251 g/mol. The Labute approximate surface area is 106 Å². The zero-order valence-electron chi connectivity index (χ0n) is 10.7. The molecule has 18 heavy (non-hydrogen) atoms. The van der Waals surface area contributed by atoms with Crippen LogP contribution in [0.25, 0.3) is 0 Å². The number of hydrogen-bond donors (Lipinski definition) is 2. The van der Waals surface area contributed by atoms with Crippen molar-refractivity contribution in [1.29, 1.82) is 0 Å². The van der Waals surface area contributed by atoms with E-state index in [2.05, 4.69) is 5.32 Å². The van der Waals surface area contributed by atoms with E-state index in [-0.39, 0.29) is 12.3 Å². The second-order valence-electron chi connectivity index (χ2n) is 4.18. The number of carboxylic acid groups (broad SMARTS) is 1. The van der Waals surface area contributed by atoms with Gasteiger partial charge >= 0.3 is 5.97 Å². The first-order valence-corrected chi connectivity index (χ1v) is 5.61. The molecule has 0 aromatic heterocycles. The Bertz CT molecular complexity index is 456. The van der Waals surface area contributed by atoms with Crippen LogP contribution in [0.15, 0.2) is 18.2 Å². The van der Waals surface area contributed by atoms with E-state index < -0.39 is 12.0 Å². The fourth-order valence-electron chi connectivity index (χ4n) is 1.60. The van der Waals surface area contributed by atoms with Crippen LogP contribution < -0.4 is 10.1 Å². The molecule has 1 aromatic rings. The Kier molecular flexibility index (Phi) is 4.71. The molecule has 0 spiro atoms. The Balaban J connectivity index is 2.81. The highest BCUT2D eigenvalue weighted by Gasteiger charge is 2.16. The lowest BCUT2D eigenvalue weighted by Crippen LogP contribution is -2.34. The Morgan fingerprint density at radius 1 is 1.44 bits per heavy atom. The molecule has 1 atom stereocenters. The number of nitrogens with one attached hydrogen (secondary N) is 1. The molecule has 0 aliphatic heterocycles. The summed E-state index contributed by atoms with van der Waals surface area (Å²) in [5.41, 5.74) is 1.39. The molecule has 1 rings (SSSR count). The van der Waals surface area contributed by atoms with E-state index in [0.29, 0.717) is 11.3 Å². The first-order chi connectivity index (χ1) is 8.43. The van der Waals surface area contributed by atoms with Gasteiger partial charge in [-0.15, -0.1) is 0 Å². The van der Waals surface area contributed by atoms with Crippen molar-refractivity contribution in [3.05, 3.63) is 29.3 Å². The van der Waals surface area contributed by atoms with Gasteiger partial charge in [0.15, 0.2) is 0 Å².